The number of amides is 2. The molecule has 0 atom stereocenters. The SMILES string of the molecule is CNC(=O)c1cc(CNc2ncsc2C(=O)Nc2ccc3c(c2)OC(F)(F)C(F)(F)O3)ccn1. The molecule has 1 aromatic carbocycles. The Hall–Kier alpha value is -3.94. The highest BCUT2D eigenvalue weighted by Crippen LogP contribution is 2.47. The fourth-order valence-electron chi connectivity index (χ4n) is 2.89. The van der Waals surface area contributed by atoms with E-state index in [4.69, 9.17) is 0 Å². The van der Waals surface area contributed by atoms with Crippen LogP contribution in [0.15, 0.2) is 42.0 Å². The topological polar surface area (TPSA) is 114 Å². The number of rotatable bonds is 6. The first-order chi connectivity index (χ1) is 16.1. The van der Waals surface area contributed by atoms with Gasteiger partial charge in [-0.2, -0.15) is 17.6 Å². The highest BCUT2D eigenvalue weighted by molar-refractivity contribution is 7.12. The summed E-state index contributed by atoms with van der Waals surface area (Å²) in [6.45, 7) is 0.226. The summed E-state index contributed by atoms with van der Waals surface area (Å²) in [5.74, 6) is -1.98. The average Bonchev–Trinajstić information content (AvgIpc) is 3.27. The maximum Gasteiger partial charge on any atom is 0.507 e. The Morgan fingerprint density at radius 3 is 2.47 bits per heavy atom. The van der Waals surface area contributed by atoms with Crippen molar-refractivity contribution in [3.8, 4) is 11.5 Å². The van der Waals surface area contributed by atoms with E-state index in [2.05, 4.69) is 35.4 Å². The Balaban J connectivity index is 1.45. The van der Waals surface area contributed by atoms with Gasteiger partial charge in [0.1, 0.15) is 16.4 Å². The molecule has 34 heavy (non-hydrogen) atoms. The number of ether oxygens (including phenoxy) is 2. The summed E-state index contributed by atoms with van der Waals surface area (Å²) >= 11 is 1.01. The minimum absolute atomic E-state index is 0.0112. The third kappa shape index (κ3) is 4.57. The zero-order valence-corrected chi connectivity index (χ0v) is 18.0. The molecule has 4 rings (SSSR count). The summed E-state index contributed by atoms with van der Waals surface area (Å²) in [5, 5.41) is 7.93. The van der Waals surface area contributed by atoms with E-state index in [0.717, 1.165) is 23.5 Å². The normalized spacial score (nSPS) is 15.3. The maximum atomic E-state index is 13.4. The standard InChI is InChI=1S/C20H15F4N5O4S/c1-25-17(30)12-6-10(4-5-26-12)8-27-16-15(34-9-28-16)18(31)29-11-2-3-13-14(7-11)33-20(23,24)19(21,22)32-13/h2-7,9,27H,8H2,1H3,(H,25,30)(H,29,31). The van der Waals surface area contributed by atoms with Gasteiger partial charge in [0.25, 0.3) is 11.8 Å². The molecular weight excluding hydrogens is 482 g/mol. The molecular formula is C20H15F4N5O4S. The largest absolute Gasteiger partial charge is 0.507 e. The van der Waals surface area contributed by atoms with Crippen LogP contribution in [0.1, 0.15) is 25.7 Å². The second-order valence-electron chi connectivity index (χ2n) is 6.87. The first-order valence-corrected chi connectivity index (χ1v) is 10.4. The number of hydrogen-bond acceptors (Lipinski definition) is 8. The quantitative estimate of drug-likeness (QED) is 0.445. The molecule has 3 aromatic rings. The third-order valence-corrected chi connectivity index (χ3v) is 5.36. The molecule has 3 N–H and O–H groups in total. The molecule has 0 unspecified atom stereocenters. The second-order valence-corrected chi connectivity index (χ2v) is 7.72. The second kappa shape index (κ2) is 8.78. The minimum Gasteiger partial charge on any atom is -0.421 e. The number of carbonyl (C=O) groups excluding carboxylic acids is 2. The van der Waals surface area contributed by atoms with Crippen molar-refractivity contribution < 1.29 is 36.6 Å². The van der Waals surface area contributed by atoms with Crippen molar-refractivity contribution in [1.82, 2.24) is 15.3 Å². The summed E-state index contributed by atoms with van der Waals surface area (Å²) in [5.41, 5.74) is 2.36. The fourth-order valence-corrected chi connectivity index (χ4v) is 3.55. The Morgan fingerprint density at radius 1 is 1.00 bits per heavy atom. The van der Waals surface area contributed by atoms with Crippen LogP contribution in [0, 0.1) is 0 Å². The van der Waals surface area contributed by atoms with Crippen molar-refractivity contribution in [3.63, 3.8) is 0 Å². The van der Waals surface area contributed by atoms with Crippen LogP contribution < -0.4 is 25.4 Å². The van der Waals surface area contributed by atoms with Gasteiger partial charge in [0.15, 0.2) is 11.5 Å². The van der Waals surface area contributed by atoms with E-state index < -0.39 is 29.6 Å². The first-order valence-electron chi connectivity index (χ1n) is 9.53. The number of fused-ring (bicyclic) bond motifs is 1. The minimum atomic E-state index is -4.87. The summed E-state index contributed by atoms with van der Waals surface area (Å²) in [7, 11) is 1.48. The summed E-state index contributed by atoms with van der Waals surface area (Å²) in [6, 6.07) is 6.38. The highest BCUT2D eigenvalue weighted by Gasteiger charge is 2.65. The van der Waals surface area contributed by atoms with Crippen molar-refractivity contribution in [1.29, 1.82) is 0 Å². The van der Waals surface area contributed by atoms with Gasteiger partial charge in [-0.1, -0.05) is 0 Å². The van der Waals surface area contributed by atoms with Gasteiger partial charge in [0, 0.05) is 31.5 Å². The van der Waals surface area contributed by atoms with Gasteiger partial charge in [0.2, 0.25) is 0 Å². The Morgan fingerprint density at radius 2 is 1.74 bits per heavy atom. The molecule has 0 saturated heterocycles. The molecule has 1 aliphatic rings. The van der Waals surface area contributed by atoms with Gasteiger partial charge >= 0.3 is 12.2 Å². The van der Waals surface area contributed by atoms with E-state index in [1.54, 1.807) is 12.1 Å². The summed E-state index contributed by atoms with van der Waals surface area (Å²) in [6.07, 6.45) is -8.23. The van der Waals surface area contributed by atoms with Gasteiger partial charge in [-0.25, -0.2) is 4.98 Å². The molecule has 0 fully saturated rings. The van der Waals surface area contributed by atoms with E-state index in [1.807, 2.05) is 0 Å². The average molecular weight is 497 g/mol. The van der Waals surface area contributed by atoms with Gasteiger partial charge in [-0.05, 0) is 29.8 Å². The molecule has 0 aliphatic carbocycles. The van der Waals surface area contributed by atoms with E-state index in [0.29, 0.717) is 5.56 Å². The third-order valence-electron chi connectivity index (χ3n) is 4.53. The van der Waals surface area contributed by atoms with Crippen LogP contribution in [0.5, 0.6) is 11.5 Å². The fraction of sp³-hybridized carbons (Fsp3) is 0.200. The Kier molecular flexibility index (Phi) is 6.00. The van der Waals surface area contributed by atoms with Gasteiger partial charge in [-0.3, -0.25) is 14.6 Å². The lowest BCUT2D eigenvalue weighted by Crippen LogP contribution is -2.52. The lowest BCUT2D eigenvalue weighted by molar-refractivity contribution is -0.391. The molecule has 9 nitrogen and oxygen atoms in total. The number of aromatic nitrogens is 2. The van der Waals surface area contributed by atoms with Crippen LogP contribution in [0.3, 0.4) is 0 Å². The number of pyridine rings is 1. The molecule has 3 heterocycles. The molecule has 0 spiro atoms. The summed E-state index contributed by atoms with van der Waals surface area (Å²) < 4.78 is 61.5. The van der Waals surface area contributed by atoms with Crippen LogP contribution in [0.4, 0.5) is 29.1 Å². The van der Waals surface area contributed by atoms with Crippen LogP contribution in [-0.4, -0.2) is 41.0 Å². The zero-order valence-electron chi connectivity index (χ0n) is 17.2. The number of anilines is 2. The van der Waals surface area contributed by atoms with Gasteiger partial charge < -0.3 is 25.4 Å². The number of halogens is 4. The summed E-state index contributed by atoms with van der Waals surface area (Å²) in [4.78, 5) is 32.7. The molecule has 1 aliphatic heterocycles. The highest BCUT2D eigenvalue weighted by atomic mass is 32.1. The first kappa shape index (κ1) is 23.2. The van der Waals surface area contributed by atoms with E-state index in [9.17, 15) is 27.2 Å². The van der Waals surface area contributed by atoms with Crippen molar-refractivity contribution in [3.05, 3.63) is 58.2 Å². The van der Waals surface area contributed by atoms with Crippen LogP contribution in [0.2, 0.25) is 0 Å². The molecule has 0 bridgehead atoms. The van der Waals surface area contributed by atoms with E-state index in [-0.39, 0.29) is 34.5 Å². The number of thiazole rings is 1. The lowest BCUT2D eigenvalue weighted by Gasteiger charge is -2.31. The molecule has 2 amide bonds. The number of nitrogens with zero attached hydrogens (tertiary/aromatic N) is 2. The van der Waals surface area contributed by atoms with Crippen molar-refractivity contribution >= 4 is 34.7 Å². The molecule has 178 valence electrons. The number of nitrogens with one attached hydrogen (secondary N) is 3. The predicted octanol–water partition coefficient (Wildman–Crippen LogP) is 3.72. The van der Waals surface area contributed by atoms with Crippen molar-refractivity contribution in [2.24, 2.45) is 0 Å². The Bertz CT molecular complexity index is 1250. The van der Waals surface area contributed by atoms with Crippen LogP contribution in [0.25, 0.3) is 0 Å². The van der Waals surface area contributed by atoms with Crippen LogP contribution in [-0.2, 0) is 6.54 Å². The van der Waals surface area contributed by atoms with Crippen molar-refractivity contribution in [2.75, 3.05) is 17.7 Å². The van der Waals surface area contributed by atoms with E-state index >= 15 is 0 Å². The van der Waals surface area contributed by atoms with Gasteiger partial charge in [-0.15, -0.1) is 11.3 Å². The number of benzene rings is 1. The van der Waals surface area contributed by atoms with Crippen LogP contribution >= 0.6 is 11.3 Å². The lowest BCUT2D eigenvalue weighted by atomic mass is 10.2. The number of hydrogen-bond donors (Lipinski definition) is 3. The molecule has 0 radical (unpaired) electrons. The zero-order chi connectivity index (χ0) is 24.5. The molecule has 0 saturated carbocycles. The Labute approximate surface area is 193 Å². The molecule has 14 heteroatoms. The maximum absolute atomic E-state index is 13.4. The van der Waals surface area contributed by atoms with Crippen molar-refractivity contribution in [2.45, 2.75) is 18.8 Å². The number of carbonyl (C=O) groups is 2. The molecule has 2 aromatic heterocycles. The monoisotopic (exact) mass is 497 g/mol. The smallest absolute Gasteiger partial charge is 0.421 e. The van der Waals surface area contributed by atoms with E-state index in [1.165, 1.54) is 24.8 Å². The van der Waals surface area contributed by atoms with Gasteiger partial charge in [0.05, 0.1) is 5.51 Å². The number of alkyl halides is 4. The predicted molar refractivity (Wildman–Crippen MR) is 113 cm³/mol.